The van der Waals surface area contributed by atoms with Gasteiger partial charge in [-0.1, -0.05) is 19.3 Å². The van der Waals surface area contributed by atoms with E-state index in [1.165, 1.54) is 11.3 Å². The van der Waals surface area contributed by atoms with Crippen molar-refractivity contribution in [3.05, 3.63) is 0 Å². The second-order valence-corrected chi connectivity index (χ2v) is 8.61. The third kappa shape index (κ3) is 7.25. The first-order chi connectivity index (χ1) is 14.3. The molecule has 0 spiro atoms. The molecule has 10 heteroatoms. The Labute approximate surface area is 179 Å². The van der Waals surface area contributed by atoms with Crippen molar-refractivity contribution in [2.45, 2.75) is 89.2 Å². The predicted octanol–water partition coefficient (Wildman–Crippen LogP) is -0.312. The normalized spacial score (nSPS) is 21.7. The molecule has 0 bridgehead atoms. The zero-order chi connectivity index (χ0) is 22.1. The fraction of sp³-hybridized carbons (Fsp3) is 0.850. The lowest BCUT2D eigenvalue weighted by Crippen LogP contribution is -2.52. The van der Waals surface area contributed by atoms with Gasteiger partial charge in [-0.25, -0.2) is 0 Å². The van der Waals surface area contributed by atoms with Crippen LogP contribution in [0.1, 0.15) is 71.1 Å². The molecule has 0 aromatic carbocycles. The first-order valence-electron chi connectivity index (χ1n) is 11.3. The molecule has 0 radical (unpaired) electrons. The van der Waals surface area contributed by atoms with E-state index >= 15 is 0 Å². The maximum Gasteiger partial charge on any atom is 0.475 e. The van der Waals surface area contributed by atoms with Crippen LogP contribution in [-0.4, -0.2) is 70.9 Å². The average Bonchev–Trinajstić information content (AvgIpc) is 3.23. The Morgan fingerprint density at radius 1 is 1.07 bits per heavy atom. The minimum Gasteiger partial charge on any atom is -0.426 e. The van der Waals surface area contributed by atoms with Gasteiger partial charge in [0.2, 0.25) is 17.7 Å². The molecule has 170 valence electrons. The Morgan fingerprint density at radius 3 is 2.43 bits per heavy atom. The first-order valence-corrected chi connectivity index (χ1v) is 11.3. The first kappa shape index (κ1) is 24.6. The molecule has 1 unspecified atom stereocenters. The molecule has 2 fully saturated rings. The number of amides is 3. The van der Waals surface area contributed by atoms with Gasteiger partial charge in [0, 0.05) is 19.5 Å². The Morgan fingerprint density at radius 2 is 1.77 bits per heavy atom. The van der Waals surface area contributed by atoms with Gasteiger partial charge in [0.25, 0.3) is 0 Å². The maximum atomic E-state index is 12.3. The molecular weight excluding hydrogens is 387 g/mol. The van der Waals surface area contributed by atoms with E-state index in [0.717, 1.165) is 32.1 Å². The monoisotopic (exact) mass is 424 g/mol. The van der Waals surface area contributed by atoms with Gasteiger partial charge in [0.1, 0.15) is 6.04 Å². The lowest BCUT2D eigenvalue weighted by molar-refractivity contribution is -0.131. The molecule has 0 aromatic heterocycles. The molecular formula is C20H37BN4O5. The average molecular weight is 424 g/mol. The zero-order valence-electron chi connectivity index (χ0n) is 18.0. The standard InChI is InChI=1S/C20H37BN4O5/c1-14(24-20(28)18(22)15-8-3-2-4-9-15)19(27)23-12-6-5-11-17(26)25-13-7-10-16(25)21(29)30/h14-16,18,29-30H,2-13,22H2,1H3,(H,23,27)(H,24,28)/t14-,16-,18?/m0/s1. The van der Waals surface area contributed by atoms with Crippen LogP contribution in [0.2, 0.25) is 0 Å². The maximum absolute atomic E-state index is 12.3. The fourth-order valence-corrected chi connectivity index (χ4v) is 4.40. The van der Waals surface area contributed by atoms with Crippen LogP contribution in [-0.2, 0) is 14.4 Å². The van der Waals surface area contributed by atoms with Crippen molar-refractivity contribution in [3.8, 4) is 0 Å². The van der Waals surface area contributed by atoms with Crippen LogP contribution in [0.3, 0.4) is 0 Å². The highest BCUT2D eigenvalue weighted by atomic mass is 16.4. The second-order valence-electron chi connectivity index (χ2n) is 8.61. The van der Waals surface area contributed by atoms with Crippen molar-refractivity contribution in [2.75, 3.05) is 13.1 Å². The molecule has 9 nitrogen and oxygen atoms in total. The molecule has 30 heavy (non-hydrogen) atoms. The van der Waals surface area contributed by atoms with Crippen LogP contribution in [0.5, 0.6) is 0 Å². The molecule has 1 saturated heterocycles. The van der Waals surface area contributed by atoms with Gasteiger partial charge in [-0.05, 0) is 51.4 Å². The van der Waals surface area contributed by atoms with Crippen molar-refractivity contribution < 1.29 is 24.4 Å². The molecule has 3 atom stereocenters. The van der Waals surface area contributed by atoms with Gasteiger partial charge in [-0.2, -0.15) is 0 Å². The summed E-state index contributed by atoms with van der Waals surface area (Å²) in [4.78, 5) is 38.3. The molecule has 3 amide bonds. The third-order valence-corrected chi connectivity index (χ3v) is 6.29. The smallest absolute Gasteiger partial charge is 0.426 e. The van der Waals surface area contributed by atoms with Gasteiger partial charge in [0.15, 0.2) is 0 Å². The van der Waals surface area contributed by atoms with Crippen LogP contribution < -0.4 is 16.4 Å². The zero-order valence-corrected chi connectivity index (χ0v) is 18.0. The highest BCUT2D eigenvalue weighted by Gasteiger charge is 2.36. The Bertz CT molecular complexity index is 586. The summed E-state index contributed by atoms with van der Waals surface area (Å²) in [5.41, 5.74) is 6.08. The molecule has 1 heterocycles. The van der Waals surface area contributed by atoms with Crippen molar-refractivity contribution in [1.82, 2.24) is 15.5 Å². The van der Waals surface area contributed by atoms with E-state index < -0.39 is 25.1 Å². The number of nitrogens with two attached hydrogens (primary N) is 1. The number of unbranched alkanes of at least 4 members (excludes halogenated alkanes) is 1. The van der Waals surface area contributed by atoms with Gasteiger partial charge in [0.05, 0.1) is 12.0 Å². The van der Waals surface area contributed by atoms with Crippen molar-refractivity contribution in [2.24, 2.45) is 11.7 Å². The molecule has 6 N–H and O–H groups in total. The number of carbonyl (C=O) groups excluding carboxylic acids is 3. The summed E-state index contributed by atoms with van der Waals surface area (Å²) >= 11 is 0. The van der Waals surface area contributed by atoms with Crippen LogP contribution in [0.4, 0.5) is 0 Å². The van der Waals surface area contributed by atoms with E-state index in [2.05, 4.69) is 10.6 Å². The number of nitrogens with zero attached hydrogens (tertiary/aromatic N) is 1. The van der Waals surface area contributed by atoms with Crippen molar-refractivity contribution in [1.29, 1.82) is 0 Å². The highest BCUT2D eigenvalue weighted by Crippen LogP contribution is 2.25. The summed E-state index contributed by atoms with van der Waals surface area (Å²) in [6.45, 7) is 2.60. The van der Waals surface area contributed by atoms with Crippen LogP contribution in [0.25, 0.3) is 0 Å². The van der Waals surface area contributed by atoms with Crippen LogP contribution in [0, 0.1) is 5.92 Å². The van der Waals surface area contributed by atoms with Gasteiger partial charge in [-0.15, -0.1) is 0 Å². The van der Waals surface area contributed by atoms with E-state index in [1.807, 2.05) is 0 Å². The lowest BCUT2D eigenvalue weighted by Gasteiger charge is -2.27. The molecule has 1 aliphatic carbocycles. The van der Waals surface area contributed by atoms with E-state index in [1.54, 1.807) is 6.92 Å². The van der Waals surface area contributed by atoms with Gasteiger partial charge < -0.3 is 31.3 Å². The van der Waals surface area contributed by atoms with Crippen LogP contribution >= 0.6 is 0 Å². The minimum absolute atomic E-state index is 0.0886. The van der Waals surface area contributed by atoms with Crippen molar-refractivity contribution in [3.63, 3.8) is 0 Å². The summed E-state index contributed by atoms with van der Waals surface area (Å²) in [5.74, 6) is -0.959. The topological polar surface area (TPSA) is 145 Å². The number of nitrogens with one attached hydrogen (secondary N) is 2. The van der Waals surface area contributed by atoms with Gasteiger partial charge in [-0.3, -0.25) is 14.4 Å². The number of carbonyl (C=O) groups is 3. The number of likely N-dealkylation sites (tertiary alicyclic amines) is 1. The summed E-state index contributed by atoms with van der Waals surface area (Å²) in [6.07, 6.45) is 8.22. The summed E-state index contributed by atoms with van der Waals surface area (Å²) in [5, 5.41) is 24.2. The quantitative estimate of drug-likeness (QED) is 0.240. The Kier molecular flexibility index (Phi) is 10.1. The fourth-order valence-electron chi connectivity index (χ4n) is 4.40. The summed E-state index contributed by atoms with van der Waals surface area (Å²) in [7, 11) is -1.50. The number of rotatable bonds is 10. The van der Waals surface area contributed by atoms with E-state index in [0.29, 0.717) is 38.8 Å². The minimum atomic E-state index is -1.50. The van der Waals surface area contributed by atoms with E-state index in [4.69, 9.17) is 5.73 Å². The SMILES string of the molecule is C[C@H](NC(=O)C(N)C1CCCCC1)C(=O)NCCCCC(=O)N1CCC[C@H]1B(O)O. The van der Waals surface area contributed by atoms with E-state index in [9.17, 15) is 24.4 Å². The van der Waals surface area contributed by atoms with Crippen LogP contribution in [0.15, 0.2) is 0 Å². The number of hydrogen-bond acceptors (Lipinski definition) is 6. The molecule has 1 aliphatic heterocycles. The predicted molar refractivity (Wildman–Crippen MR) is 114 cm³/mol. The molecule has 0 aromatic rings. The number of hydrogen-bond donors (Lipinski definition) is 5. The summed E-state index contributed by atoms with van der Waals surface area (Å²) < 4.78 is 0. The molecule has 2 aliphatic rings. The largest absolute Gasteiger partial charge is 0.475 e. The highest BCUT2D eigenvalue weighted by molar-refractivity contribution is 6.43. The Hall–Kier alpha value is -1.65. The van der Waals surface area contributed by atoms with Crippen molar-refractivity contribution >= 4 is 24.8 Å². The Balaban J connectivity index is 1.60. The molecule has 2 rings (SSSR count). The van der Waals surface area contributed by atoms with Gasteiger partial charge >= 0.3 is 7.12 Å². The summed E-state index contributed by atoms with van der Waals surface area (Å²) in [6, 6.07) is -1.23. The molecule has 1 saturated carbocycles. The second kappa shape index (κ2) is 12.3. The lowest BCUT2D eigenvalue weighted by atomic mass is 9.78. The van der Waals surface area contributed by atoms with E-state index in [-0.39, 0.29) is 23.6 Å². The third-order valence-electron chi connectivity index (χ3n) is 6.29.